The average molecular weight is 446 g/mol. The van der Waals surface area contributed by atoms with Crippen LogP contribution < -0.4 is 10.1 Å². The summed E-state index contributed by atoms with van der Waals surface area (Å²) in [6.07, 6.45) is 2.67. The lowest BCUT2D eigenvalue weighted by Gasteiger charge is -2.12. The van der Waals surface area contributed by atoms with Crippen molar-refractivity contribution >= 4 is 0 Å². The molecule has 2 aromatic carbocycles. The molecule has 0 aliphatic rings. The van der Waals surface area contributed by atoms with E-state index in [0.29, 0.717) is 44.5 Å². The van der Waals surface area contributed by atoms with Crippen molar-refractivity contribution in [3.8, 4) is 17.0 Å². The third-order valence-electron chi connectivity index (χ3n) is 4.95. The third kappa shape index (κ3) is 6.98. The fourth-order valence-corrected chi connectivity index (χ4v) is 3.22. The molecule has 0 fully saturated rings. The Morgan fingerprint density at radius 2 is 1.76 bits per heavy atom. The normalized spacial score (nSPS) is 11.9. The first-order chi connectivity index (χ1) is 16.3. The molecule has 170 valence electrons. The molecule has 33 heavy (non-hydrogen) atoms. The fraction of sp³-hybridized carbons (Fsp3) is 0.231. The number of aliphatic hydroxyl groups excluding tert-OH is 1. The molecule has 7 heteroatoms. The van der Waals surface area contributed by atoms with E-state index in [4.69, 9.17) is 13.9 Å². The number of ether oxygens (including phenoxy) is 2. The molecule has 0 radical (unpaired) electrons. The molecule has 0 saturated heterocycles. The number of rotatable bonds is 12. The Bertz CT molecular complexity index is 1090. The van der Waals surface area contributed by atoms with Gasteiger partial charge >= 0.3 is 0 Å². The van der Waals surface area contributed by atoms with Gasteiger partial charge in [-0.2, -0.15) is 0 Å². The second kappa shape index (κ2) is 11.9. The predicted molar refractivity (Wildman–Crippen MR) is 124 cm³/mol. The van der Waals surface area contributed by atoms with Crippen molar-refractivity contribution in [1.82, 2.24) is 15.3 Å². The van der Waals surface area contributed by atoms with Crippen LogP contribution in [0.25, 0.3) is 11.3 Å². The van der Waals surface area contributed by atoms with Gasteiger partial charge in [0.2, 0.25) is 5.89 Å². The van der Waals surface area contributed by atoms with Gasteiger partial charge in [-0.3, -0.25) is 4.98 Å². The molecule has 0 aliphatic heterocycles. The van der Waals surface area contributed by atoms with Gasteiger partial charge in [-0.15, -0.1) is 0 Å². The molecule has 2 aromatic heterocycles. The molecule has 1 atom stereocenters. The highest BCUT2D eigenvalue weighted by molar-refractivity contribution is 5.58. The molecule has 0 aliphatic carbocycles. The van der Waals surface area contributed by atoms with Crippen LogP contribution in [-0.2, 0) is 18.0 Å². The van der Waals surface area contributed by atoms with E-state index in [-0.39, 0.29) is 0 Å². The summed E-state index contributed by atoms with van der Waals surface area (Å²) < 4.78 is 17.0. The number of benzene rings is 2. The number of pyridine rings is 1. The van der Waals surface area contributed by atoms with Gasteiger partial charge in [0.05, 0.1) is 12.3 Å². The van der Waals surface area contributed by atoms with Crippen LogP contribution in [0.1, 0.15) is 23.3 Å². The Morgan fingerprint density at radius 1 is 0.939 bits per heavy atom. The highest BCUT2D eigenvalue weighted by Crippen LogP contribution is 2.22. The molecule has 0 amide bonds. The van der Waals surface area contributed by atoms with Crippen molar-refractivity contribution in [3.05, 3.63) is 102 Å². The molecule has 4 rings (SSSR count). The first kappa shape index (κ1) is 22.7. The number of oxazole rings is 1. The minimum absolute atomic E-state index is 0.318. The lowest BCUT2D eigenvalue weighted by atomic mass is 10.2. The predicted octanol–water partition coefficient (Wildman–Crippen LogP) is 4.16. The number of nitrogens with zero attached hydrogens (tertiary/aromatic N) is 2. The van der Waals surface area contributed by atoms with E-state index in [1.807, 2.05) is 66.7 Å². The van der Waals surface area contributed by atoms with E-state index in [9.17, 15) is 5.11 Å². The fourth-order valence-electron chi connectivity index (χ4n) is 3.22. The van der Waals surface area contributed by atoms with Crippen LogP contribution in [0.2, 0.25) is 0 Å². The molecule has 2 N–H and O–H groups in total. The number of hydrogen-bond acceptors (Lipinski definition) is 7. The summed E-state index contributed by atoms with van der Waals surface area (Å²) >= 11 is 0. The molecular formula is C26H27N3O4. The van der Waals surface area contributed by atoms with Gasteiger partial charge < -0.3 is 24.3 Å². The molecular weight excluding hydrogens is 418 g/mol. The summed E-state index contributed by atoms with van der Waals surface area (Å²) in [5.74, 6) is 1.31. The molecule has 0 unspecified atom stereocenters. The van der Waals surface area contributed by atoms with Crippen molar-refractivity contribution in [2.24, 2.45) is 0 Å². The van der Waals surface area contributed by atoms with E-state index in [0.717, 1.165) is 22.6 Å². The Hall–Kier alpha value is -3.52. The summed E-state index contributed by atoms with van der Waals surface area (Å²) in [5, 5.41) is 13.3. The van der Waals surface area contributed by atoms with E-state index < -0.39 is 6.10 Å². The molecule has 7 nitrogen and oxygen atoms in total. The maximum Gasteiger partial charge on any atom is 0.220 e. The first-order valence-corrected chi connectivity index (χ1v) is 10.9. The highest BCUT2D eigenvalue weighted by Gasteiger charge is 2.08. The number of hydrogen-bond donors (Lipinski definition) is 2. The van der Waals surface area contributed by atoms with Crippen LogP contribution in [-0.4, -0.2) is 34.8 Å². The average Bonchev–Trinajstić information content (AvgIpc) is 3.34. The second-order valence-electron chi connectivity index (χ2n) is 7.45. The van der Waals surface area contributed by atoms with Crippen LogP contribution in [0, 0.1) is 0 Å². The maximum absolute atomic E-state index is 10.1. The Morgan fingerprint density at radius 3 is 2.55 bits per heavy atom. The monoisotopic (exact) mass is 445 g/mol. The van der Waals surface area contributed by atoms with E-state index in [2.05, 4.69) is 15.3 Å². The van der Waals surface area contributed by atoms with Crippen molar-refractivity contribution < 1.29 is 19.0 Å². The molecule has 0 saturated carbocycles. The maximum atomic E-state index is 10.1. The van der Waals surface area contributed by atoms with Gasteiger partial charge in [0, 0.05) is 24.8 Å². The smallest absolute Gasteiger partial charge is 0.220 e. The SMILES string of the molecule is O[C@H](CNCCOc1ccc(-c2coc(COCc3ccccc3)n2)cc1)c1ccccn1. The van der Waals surface area contributed by atoms with Crippen molar-refractivity contribution in [2.75, 3.05) is 19.7 Å². The zero-order chi connectivity index (χ0) is 22.7. The van der Waals surface area contributed by atoms with Gasteiger partial charge in [0.15, 0.2) is 0 Å². The minimum atomic E-state index is -0.637. The van der Waals surface area contributed by atoms with Crippen molar-refractivity contribution in [1.29, 1.82) is 0 Å². The Balaban J connectivity index is 1.17. The first-order valence-electron chi connectivity index (χ1n) is 10.9. The minimum Gasteiger partial charge on any atom is -0.492 e. The summed E-state index contributed by atoms with van der Waals surface area (Å²) in [6.45, 7) is 2.35. The topological polar surface area (TPSA) is 89.6 Å². The number of aliphatic hydroxyl groups is 1. The zero-order valence-electron chi connectivity index (χ0n) is 18.3. The highest BCUT2D eigenvalue weighted by atomic mass is 16.5. The van der Waals surface area contributed by atoms with E-state index in [1.54, 1.807) is 18.5 Å². The van der Waals surface area contributed by atoms with Crippen LogP contribution in [0.3, 0.4) is 0 Å². The van der Waals surface area contributed by atoms with Crippen molar-refractivity contribution in [2.45, 2.75) is 19.3 Å². The lowest BCUT2D eigenvalue weighted by molar-refractivity contribution is 0.0895. The largest absolute Gasteiger partial charge is 0.492 e. The van der Waals surface area contributed by atoms with Gasteiger partial charge in [0.25, 0.3) is 0 Å². The summed E-state index contributed by atoms with van der Waals surface area (Å²) in [7, 11) is 0. The Kier molecular flexibility index (Phi) is 8.19. The van der Waals surface area contributed by atoms with Crippen LogP contribution in [0.4, 0.5) is 0 Å². The van der Waals surface area contributed by atoms with Gasteiger partial charge in [0.1, 0.15) is 37.0 Å². The summed E-state index contributed by atoms with van der Waals surface area (Å²) in [6, 6.07) is 23.2. The lowest BCUT2D eigenvalue weighted by Crippen LogP contribution is -2.26. The second-order valence-corrected chi connectivity index (χ2v) is 7.45. The summed E-state index contributed by atoms with van der Waals surface area (Å²) in [4.78, 5) is 8.64. The Labute approximate surface area is 193 Å². The van der Waals surface area contributed by atoms with Gasteiger partial charge in [-0.25, -0.2) is 4.98 Å². The summed E-state index contributed by atoms with van der Waals surface area (Å²) in [5.41, 5.74) is 3.46. The van der Waals surface area contributed by atoms with Gasteiger partial charge in [-0.05, 0) is 42.0 Å². The van der Waals surface area contributed by atoms with E-state index >= 15 is 0 Å². The molecule has 2 heterocycles. The third-order valence-corrected chi connectivity index (χ3v) is 4.95. The standard InChI is InChI=1S/C26H27N3O4/c30-25(23-8-4-5-13-28-23)16-27-14-15-32-22-11-9-21(10-12-22)24-18-33-26(29-24)19-31-17-20-6-2-1-3-7-20/h1-13,18,25,27,30H,14-17,19H2/t25-/m1/s1. The van der Waals surface area contributed by atoms with Crippen molar-refractivity contribution in [3.63, 3.8) is 0 Å². The van der Waals surface area contributed by atoms with Crippen LogP contribution in [0.15, 0.2) is 89.7 Å². The van der Waals surface area contributed by atoms with Gasteiger partial charge in [-0.1, -0.05) is 36.4 Å². The molecule has 0 bridgehead atoms. The van der Waals surface area contributed by atoms with E-state index in [1.165, 1.54) is 0 Å². The quantitative estimate of drug-likeness (QED) is 0.317. The zero-order valence-corrected chi connectivity index (χ0v) is 18.3. The molecule has 4 aromatic rings. The number of aromatic nitrogens is 2. The van der Waals surface area contributed by atoms with Crippen LogP contribution in [0.5, 0.6) is 5.75 Å². The van der Waals surface area contributed by atoms with Crippen LogP contribution >= 0.6 is 0 Å². The number of nitrogens with one attached hydrogen (secondary N) is 1. The molecule has 0 spiro atoms.